The molecule has 0 aromatic carbocycles. The summed E-state index contributed by atoms with van der Waals surface area (Å²) in [6, 6.07) is 2.07. The molecular weight excluding hydrogens is 248 g/mol. The number of hydrogen-bond acceptors (Lipinski definition) is 3. The van der Waals surface area contributed by atoms with Gasteiger partial charge in [-0.25, -0.2) is 9.50 Å². The van der Waals surface area contributed by atoms with Crippen molar-refractivity contribution in [2.45, 2.75) is 25.6 Å². The van der Waals surface area contributed by atoms with Crippen molar-refractivity contribution in [2.24, 2.45) is 5.92 Å². The molecule has 2 unspecified atom stereocenters. The molecule has 3 heterocycles. The van der Waals surface area contributed by atoms with E-state index in [2.05, 4.69) is 28.0 Å². The van der Waals surface area contributed by atoms with Gasteiger partial charge >= 0.3 is 0 Å². The molecule has 1 aliphatic heterocycles. The highest BCUT2D eigenvalue weighted by molar-refractivity contribution is 6.21. The van der Waals surface area contributed by atoms with Crippen molar-refractivity contribution < 1.29 is 0 Å². The first-order valence-electron chi connectivity index (χ1n) is 6.35. The average Bonchev–Trinajstić information content (AvgIpc) is 2.72. The molecule has 2 atom stereocenters. The smallest absolute Gasteiger partial charge is 0.154 e. The van der Waals surface area contributed by atoms with E-state index >= 15 is 0 Å². The summed E-state index contributed by atoms with van der Waals surface area (Å²) in [6.07, 6.45) is 4.80. The third kappa shape index (κ3) is 1.94. The van der Waals surface area contributed by atoms with Gasteiger partial charge in [-0.3, -0.25) is 0 Å². The Morgan fingerprint density at radius 1 is 1.44 bits per heavy atom. The Hall–Kier alpha value is -1.29. The van der Waals surface area contributed by atoms with Crippen molar-refractivity contribution in [2.75, 3.05) is 18.0 Å². The second kappa shape index (κ2) is 4.43. The lowest BCUT2D eigenvalue weighted by Gasteiger charge is -2.34. The number of fused-ring (bicyclic) bond motifs is 1. The minimum Gasteiger partial charge on any atom is -0.353 e. The van der Waals surface area contributed by atoms with Crippen molar-refractivity contribution in [1.29, 1.82) is 0 Å². The maximum atomic E-state index is 6.38. The van der Waals surface area contributed by atoms with Crippen LogP contribution < -0.4 is 4.90 Å². The maximum Gasteiger partial charge on any atom is 0.154 e. The zero-order valence-corrected chi connectivity index (χ0v) is 11.4. The van der Waals surface area contributed by atoms with Crippen LogP contribution in [0.3, 0.4) is 0 Å². The SMILES string of the molecule is Cc1cc2c(N3CCC(C)C(Cl)C3)nccn2n1. The third-order valence-electron chi connectivity index (χ3n) is 3.66. The van der Waals surface area contributed by atoms with Crippen LogP contribution in [-0.4, -0.2) is 33.1 Å². The number of aromatic nitrogens is 3. The molecule has 0 radical (unpaired) electrons. The molecule has 1 saturated heterocycles. The average molecular weight is 265 g/mol. The van der Waals surface area contributed by atoms with Crippen molar-refractivity contribution >= 4 is 22.9 Å². The lowest BCUT2D eigenvalue weighted by molar-refractivity contribution is 0.444. The first-order chi connectivity index (χ1) is 8.65. The van der Waals surface area contributed by atoms with E-state index in [-0.39, 0.29) is 5.38 Å². The van der Waals surface area contributed by atoms with Crippen LogP contribution in [0.4, 0.5) is 5.82 Å². The third-order valence-corrected chi connectivity index (χ3v) is 4.23. The summed E-state index contributed by atoms with van der Waals surface area (Å²) in [5, 5.41) is 4.62. The number of alkyl halides is 1. The number of rotatable bonds is 1. The highest BCUT2D eigenvalue weighted by Gasteiger charge is 2.26. The zero-order valence-electron chi connectivity index (χ0n) is 10.7. The Morgan fingerprint density at radius 3 is 3.06 bits per heavy atom. The van der Waals surface area contributed by atoms with Crippen molar-refractivity contribution in [3.63, 3.8) is 0 Å². The molecule has 2 aromatic rings. The van der Waals surface area contributed by atoms with Crippen LogP contribution in [0, 0.1) is 12.8 Å². The predicted molar refractivity (Wildman–Crippen MR) is 73.4 cm³/mol. The fourth-order valence-electron chi connectivity index (χ4n) is 2.49. The Bertz CT molecular complexity index is 565. The van der Waals surface area contributed by atoms with E-state index in [9.17, 15) is 0 Å². The topological polar surface area (TPSA) is 33.4 Å². The molecule has 0 N–H and O–H groups in total. The van der Waals surface area contributed by atoms with Crippen LogP contribution in [0.15, 0.2) is 18.5 Å². The van der Waals surface area contributed by atoms with Crippen LogP contribution >= 0.6 is 11.6 Å². The van der Waals surface area contributed by atoms with Gasteiger partial charge in [0.1, 0.15) is 5.52 Å². The van der Waals surface area contributed by atoms with E-state index in [0.717, 1.165) is 36.5 Å². The fourth-order valence-corrected chi connectivity index (χ4v) is 2.78. The largest absolute Gasteiger partial charge is 0.353 e. The molecular formula is C13H17ClN4. The molecule has 0 saturated carbocycles. The van der Waals surface area contributed by atoms with E-state index in [1.165, 1.54) is 0 Å². The molecule has 4 nitrogen and oxygen atoms in total. The molecule has 1 fully saturated rings. The first-order valence-corrected chi connectivity index (χ1v) is 6.79. The molecule has 2 aromatic heterocycles. The van der Waals surface area contributed by atoms with Gasteiger partial charge in [0.25, 0.3) is 0 Å². The number of anilines is 1. The van der Waals surface area contributed by atoms with Crippen LogP contribution in [0.1, 0.15) is 19.0 Å². The molecule has 96 valence electrons. The summed E-state index contributed by atoms with van der Waals surface area (Å²) in [5.74, 6) is 1.57. The van der Waals surface area contributed by atoms with E-state index in [0.29, 0.717) is 5.92 Å². The molecule has 18 heavy (non-hydrogen) atoms. The first kappa shape index (κ1) is 11.8. The quantitative estimate of drug-likeness (QED) is 0.742. The second-order valence-electron chi connectivity index (χ2n) is 5.09. The number of aryl methyl sites for hydroxylation is 1. The van der Waals surface area contributed by atoms with Gasteiger partial charge in [0.15, 0.2) is 5.82 Å². The van der Waals surface area contributed by atoms with E-state index in [4.69, 9.17) is 11.6 Å². The van der Waals surface area contributed by atoms with Crippen LogP contribution in [-0.2, 0) is 0 Å². The van der Waals surface area contributed by atoms with Gasteiger partial charge in [-0.05, 0) is 25.3 Å². The molecule has 0 amide bonds. The fraction of sp³-hybridized carbons (Fsp3) is 0.538. The summed E-state index contributed by atoms with van der Waals surface area (Å²) >= 11 is 6.38. The predicted octanol–water partition coefficient (Wildman–Crippen LogP) is 2.49. The number of hydrogen-bond donors (Lipinski definition) is 0. The van der Waals surface area contributed by atoms with Crippen LogP contribution in [0.2, 0.25) is 0 Å². The van der Waals surface area contributed by atoms with Gasteiger partial charge in [0, 0.05) is 25.5 Å². The van der Waals surface area contributed by atoms with Gasteiger partial charge in [0.05, 0.1) is 11.1 Å². The summed E-state index contributed by atoms with van der Waals surface area (Å²) in [6.45, 7) is 6.09. The maximum absolute atomic E-state index is 6.38. The summed E-state index contributed by atoms with van der Waals surface area (Å²) in [5.41, 5.74) is 2.07. The molecule has 5 heteroatoms. The highest BCUT2D eigenvalue weighted by atomic mass is 35.5. The molecule has 3 rings (SSSR count). The van der Waals surface area contributed by atoms with Gasteiger partial charge in [-0.1, -0.05) is 6.92 Å². The monoisotopic (exact) mass is 264 g/mol. The van der Waals surface area contributed by atoms with Crippen molar-refractivity contribution in [3.8, 4) is 0 Å². The lowest BCUT2D eigenvalue weighted by atomic mass is 9.98. The number of nitrogens with zero attached hydrogens (tertiary/aromatic N) is 4. The summed E-state index contributed by atoms with van der Waals surface area (Å²) < 4.78 is 1.89. The Balaban J connectivity index is 1.99. The summed E-state index contributed by atoms with van der Waals surface area (Å²) in [4.78, 5) is 6.78. The number of halogens is 1. The minimum absolute atomic E-state index is 0.199. The molecule has 0 aliphatic carbocycles. The van der Waals surface area contributed by atoms with E-state index in [1.807, 2.05) is 17.6 Å². The van der Waals surface area contributed by atoms with Crippen LogP contribution in [0.25, 0.3) is 5.52 Å². The highest BCUT2D eigenvalue weighted by Crippen LogP contribution is 2.27. The molecule has 0 spiro atoms. The van der Waals surface area contributed by atoms with Crippen molar-refractivity contribution in [3.05, 3.63) is 24.2 Å². The minimum atomic E-state index is 0.199. The Kier molecular flexibility index (Phi) is 2.90. The van der Waals surface area contributed by atoms with Gasteiger partial charge in [-0.15, -0.1) is 11.6 Å². The second-order valence-corrected chi connectivity index (χ2v) is 5.65. The standard InChI is InChI=1S/C13H17ClN4/c1-9-3-5-17(8-11(9)14)13-12-7-10(2)16-18(12)6-4-15-13/h4,6-7,9,11H,3,5,8H2,1-2H3. The zero-order chi connectivity index (χ0) is 12.7. The number of piperidine rings is 1. The van der Waals surface area contributed by atoms with Gasteiger partial charge in [-0.2, -0.15) is 5.10 Å². The van der Waals surface area contributed by atoms with E-state index in [1.54, 1.807) is 6.20 Å². The van der Waals surface area contributed by atoms with Gasteiger partial charge < -0.3 is 4.90 Å². The molecule has 0 bridgehead atoms. The summed E-state index contributed by atoms with van der Waals surface area (Å²) in [7, 11) is 0. The van der Waals surface area contributed by atoms with Gasteiger partial charge in [0.2, 0.25) is 0 Å². The normalized spacial score (nSPS) is 24.7. The lowest BCUT2D eigenvalue weighted by Crippen LogP contribution is -2.41. The Morgan fingerprint density at radius 2 is 2.28 bits per heavy atom. The van der Waals surface area contributed by atoms with Crippen LogP contribution in [0.5, 0.6) is 0 Å². The Labute approximate surface area is 112 Å². The van der Waals surface area contributed by atoms with Crippen molar-refractivity contribution in [1.82, 2.24) is 14.6 Å². The van der Waals surface area contributed by atoms with E-state index < -0.39 is 0 Å². The molecule has 1 aliphatic rings.